The monoisotopic (exact) mass is 261 g/mol. The summed E-state index contributed by atoms with van der Waals surface area (Å²) in [5.41, 5.74) is 6.97. The van der Waals surface area contributed by atoms with Crippen molar-refractivity contribution >= 4 is 0 Å². The smallest absolute Gasteiger partial charge is 0.124 e. The van der Waals surface area contributed by atoms with Gasteiger partial charge < -0.3 is 15.2 Å². The number of nitrogens with two attached hydrogens (primary N) is 1. The number of para-hydroxylation sites is 1. The molecule has 2 fully saturated rings. The Hall–Kier alpha value is -1.06. The molecule has 3 nitrogen and oxygen atoms in total. The number of rotatable bonds is 3. The summed E-state index contributed by atoms with van der Waals surface area (Å²) in [6.07, 6.45) is 7.29. The first-order valence-electron chi connectivity index (χ1n) is 7.40. The molecule has 3 rings (SSSR count). The lowest BCUT2D eigenvalue weighted by Crippen LogP contribution is -2.41. The van der Waals surface area contributed by atoms with Gasteiger partial charge in [-0.05, 0) is 18.9 Å². The van der Waals surface area contributed by atoms with E-state index in [9.17, 15) is 0 Å². The van der Waals surface area contributed by atoms with Crippen LogP contribution in [0.5, 0.6) is 5.75 Å². The lowest BCUT2D eigenvalue weighted by atomic mass is 9.90. The first-order valence-corrected chi connectivity index (χ1v) is 7.40. The Morgan fingerprint density at radius 2 is 2.05 bits per heavy atom. The molecule has 0 bridgehead atoms. The molecule has 0 radical (unpaired) electrons. The van der Waals surface area contributed by atoms with E-state index in [1.807, 2.05) is 24.3 Å². The highest BCUT2D eigenvalue weighted by atomic mass is 16.5. The molecule has 1 atom stereocenters. The quantitative estimate of drug-likeness (QED) is 0.909. The van der Waals surface area contributed by atoms with Gasteiger partial charge in [-0.1, -0.05) is 31.0 Å². The standard InChI is InChI=1S/C16H23NO2/c17-12-13-5-1-2-6-15(13)19-14-7-10-18-16(11-14)8-3-4-9-16/h1-2,5-6,14H,3-4,7-12,17H2. The molecule has 2 aliphatic rings. The zero-order chi connectivity index (χ0) is 13.1. The molecule has 1 saturated carbocycles. The first kappa shape index (κ1) is 12.9. The maximum atomic E-state index is 6.20. The van der Waals surface area contributed by atoms with E-state index >= 15 is 0 Å². The first-order chi connectivity index (χ1) is 9.31. The summed E-state index contributed by atoms with van der Waals surface area (Å²) in [5.74, 6) is 0.949. The molecule has 19 heavy (non-hydrogen) atoms. The van der Waals surface area contributed by atoms with Gasteiger partial charge in [0.1, 0.15) is 11.9 Å². The van der Waals surface area contributed by atoms with Crippen molar-refractivity contribution in [3.05, 3.63) is 29.8 Å². The summed E-state index contributed by atoms with van der Waals surface area (Å²) in [4.78, 5) is 0. The Kier molecular flexibility index (Phi) is 3.76. The van der Waals surface area contributed by atoms with E-state index in [2.05, 4.69) is 0 Å². The molecule has 2 N–H and O–H groups in total. The predicted octanol–water partition coefficient (Wildman–Crippen LogP) is 3.02. The second-order valence-corrected chi connectivity index (χ2v) is 5.78. The molecule has 0 aromatic heterocycles. The summed E-state index contributed by atoms with van der Waals surface area (Å²) in [6, 6.07) is 8.09. The van der Waals surface area contributed by atoms with Crippen LogP contribution in [0.3, 0.4) is 0 Å². The number of hydrogen-bond acceptors (Lipinski definition) is 3. The zero-order valence-corrected chi connectivity index (χ0v) is 11.4. The van der Waals surface area contributed by atoms with Gasteiger partial charge in [0.05, 0.1) is 12.2 Å². The van der Waals surface area contributed by atoms with Gasteiger partial charge in [0, 0.05) is 24.9 Å². The summed E-state index contributed by atoms with van der Waals surface area (Å²) < 4.78 is 12.3. The SMILES string of the molecule is NCc1ccccc1OC1CCOC2(CCCC2)C1. The van der Waals surface area contributed by atoms with Crippen LogP contribution in [0.15, 0.2) is 24.3 Å². The molecule has 1 aliphatic carbocycles. The summed E-state index contributed by atoms with van der Waals surface area (Å²) >= 11 is 0. The lowest BCUT2D eigenvalue weighted by molar-refractivity contribution is -0.108. The van der Waals surface area contributed by atoms with Crippen molar-refractivity contribution < 1.29 is 9.47 Å². The molecule has 1 spiro atoms. The van der Waals surface area contributed by atoms with Gasteiger partial charge in [-0.15, -0.1) is 0 Å². The van der Waals surface area contributed by atoms with E-state index < -0.39 is 0 Å². The Bertz CT molecular complexity index is 427. The minimum atomic E-state index is 0.112. The molecule has 1 aromatic carbocycles. The van der Waals surface area contributed by atoms with Crippen LogP contribution in [0.4, 0.5) is 0 Å². The highest BCUT2D eigenvalue weighted by Crippen LogP contribution is 2.41. The van der Waals surface area contributed by atoms with Crippen LogP contribution in [-0.2, 0) is 11.3 Å². The van der Waals surface area contributed by atoms with E-state index in [1.165, 1.54) is 25.7 Å². The molecule has 1 aromatic rings. The van der Waals surface area contributed by atoms with Crippen LogP contribution in [0.1, 0.15) is 44.1 Å². The predicted molar refractivity (Wildman–Crippen MR) is 75.1 cm³/mol. The van der Waals surface area contributed by atoms with Crippen LogP contribution in [0.2, 0.25) is 0 Å². The maximum Gasteiger partial charge on any atom is 0.124 e. The van der Waals surface area contributed by atoms with E-state index in [0.717, 1.165) is 30.8 Å². The van der Waals surface area contributed by atoms with Gasteiger partial charge in [0.2, 0.25) is 0 Å². The Labute approximate surface area is 115 Å². The van der Waals surface area contributed by atoms with Gasteiger partial charge >= 0.3 is 0 Å². The third-order valence-corrected chi connectivity index (χ3v) is 4.45. The van der Waals surface area contributed by atoms with Gasteiger partial charge in [-0.2, -0.15) is 0 Å². The lowest BCUT2D eigenvalue weighted by Gasteiger charge is -2.38. The molecule has 1 saturated heterocycles. The molecule has 104 valence electrons. The Balaban J connectivity index is 1.69. The average molecular weight is 261 g/mol. The van der Waals surface area contributed by atoms with Crippen molar-refractivity contribution in [3.8, 4) is 5.75 Å². The number of ether oxygens (including phenoxy) is 2. The molecule has 1 unspecified atom stereocenters. The minimum Gasteiger partial charge on any atom is -0.490 e. The van der Waals surface area contributed by atoms with Crippen LogP contribution in [0.25, 0.3) is 0 Å². The van der Waals surface area contributed by atoms with Crippen molar-refractivity contribution in [3.63, 3.8) is 0 Å². The maximum absolute atomic E-state index is 6.20. The van der Waals surface area contributed by atoms with Crippen LogP contribution in [-0.4, -0.2) is 18.3 Å². The Morgan fingerprint density at radius 3 is 2.84 bits per heavy atom. The average Bonchev–Trinajstić information content (AvgIpc) is 2.87. The third kappa shape index (κ3) is 2.77. The molecular weight excluding hydrogens is 238 g/mol. The van der Waals surface area contributed by atoms with E-state index in [4.69, 9.17) is 15.2 Å². The van der Waals surface area contributed by atoms with Gasteiger partial charge in [-0.25, -0.2) is 0 Å². The van der Waals surface area contributed by atoms with Crippen molar-refractivity contribution in [1.82, 2.24) is 0 Å². The topological polar surface area (TPSA) is 44.5 Å². The highest BCUT2D eigenvalue weighted by molar-refractivity contribution is 5.33. The summed E-state index contributed by atoms with van der Waals surface area (Å²) in [6.45, 7) is 1.36. The number of hydrogen-bond donors (Lipinski definition) is 1. The van der Waals surface area contributed by atoms with Crippen LogP contribution >= 0.6 is 0 Å². The van der Waals surface area contributed by atoms with Crippen molar-refractivity contribution in [2.75, 3.05) is 6.61 Å². The second kappa shape index (κ2) is 5.51. The summed E-state index contributed by atoms with van der Waals surface area (Å²) in [5, 5.41) is 0. The highest BCUT2D eigenvalue weighted by Gasteiger charge is 2.40. The molecule has 1 heterocycles. The fraction of sp³-hybridized carbons (Fsp3) is 0.625. The second-order valence-electron chi connectivity index (χ2n) is 5.78. The van der Waals surface area contributed by atoms with E-state index in [1.54, 1.807) is 0 Å². The normalized spacial score (nSPS) is 25.6. The molecule has 1 aliphatic heterocycles. The minimum absolute atomic E-state index is 0.112. The largest absolute Gasteiger partial charge is 0.490 e. The van der Waals surface area contributed by atoms with Gasteiger partial charge in [0.25, 0.3) is 0 Å². The van der Waals surface area contributed by atoms with Crippen molar-refractivity contribution in [2.45, 2.75) is 56.8 Å². The van der Waals surface area contributed by atoms with Gasteiger partial charge in [-0.3, -0.25) is 0 Å². The fourth-order valence-corrected chi connectivity index (χ4v) is 3.42. The molecule has 3 heteroatoms. The van der Waals surface area contributed by atoms with E-state index in [-0.39, 0.29) is 11.7 Å². The van der Waals surface area contributed by atoms with Gasteiger partial charge in [0.15, 0.2) is 0 Å². The van der Waals surface area contributed by atoms with Crippen LogP contribution < -0.4 is 10.5 Å². The fourth-order valence-electron chi connectivity index (χ4n) is 3.42. The number of benzene rings is 1. The van der Waals surface area contributed by atoms with Crippen LogP contribution in [0, 0.1) is 0 Å². The zero-order valence-electron chi connectivity index (χ0n) is 11.4. The van der Waals surface area contributed by atoms with Crippen molar-refractivity contribution in [2.24, 2.45) is 5.73 Å². The molecule has 0 amide bonds. The van der Waals surface area contributed by atoms with E-state index in [0.29, 0.717) is 6.54 Å². The Morgan fingerprint density at radius 1 is 1.26 bits per heavy atom. The van der Waals surface area contributed by atoms with Crippen molar-refractivity contribution in [1.29, 1.82) is 0 Å². The molecular formula is C16H23NO2. The summed E-state index contributed by atoms with van der Waals surface area (Å²) in [7, 11) is 0. The third-order valence-electron chi connectivity index (χ3n) is 4.45.